The number of aromatic nitrogens is 2. The van der Waals surface area contributed by atoms with E-state index in [0.29, 0.717) is 24.0 Å². The number of carbonyl (C=O) groups is 1. The fourth-order valence-electron chi connectivity index (χ4n) is 3.21. The molecule has 1 fully saturated rings. The molecule has 1 aromatic heterocycles. The molecule has 1 aromatic carbocycles. The number of para-hydroxylation sites is 1. The zero-order valence-electron chi connectivity index (χ0n) is 11.7. The van der Waals surface area contributed by atoms with Gasteiger partial charge in [-0.25, -0.2) is 4.68 Å². The predicted molar refractivity (Wildman–Crippen MR) is 77.4 cm³/mol. The van der Waals surface area contributed by atoms with Crippen molar-refractivity contribution in [3.63, 3.8) is 0 Å². The molecule has 4 rings (SSSR count). The molecule has 0 aliphatic heterocycles. The molecule has 1 saturated carbocycles. The maximum Gasteiger partial charge on any atom is 0.166 e. The quantitative estimate of drug-likeness (QED) is 0.833. The van der Waals surface area contributed by atoms with Crippen molar-refractivity contribution in [2.75, 3.05) is 0 Å². The number of Topliss-reactive ketones (excluding diaryl/α,β-unsaturated/α-hetero) is 1. The van der Waals surface area contributed by atoms with Crippen molar-refractivity contribution < 1.29 is 4.79 Å². The van der Waals surface area contributed by atoms with E-state index in [1.807, 2.05) is 22.9 Å². The average molecular weight is 266 g/mol. The molecule has 0 amide bonds. The first-order chi connectivity index (χ1) is 9.74. The van der Waals surface area contributed by atoms with Crippen LogP contribution in [-0.4, -0.2) is 15.6 Å². The van der Waals surface area contributed by atoms with Crippen LogP contribution in [0.1, 0.15) is 53.8 Å². The molecule has 1 unspecified atom stereocenters. The Balaban J connectivity index is 1.92. The number of benzene rings is 1. The van der Waals surface area contributed by atoms with E-state index in [2.05, 4.69) is 19.1 Å². The first-order valence-electron chi connectivity index (χ1n) is 7.44. The van der Waals surface area contributed by atoms with Gasteiger partial charge in [0.1, 0.15) is 0 Å². The first kappa shape index (κ1) is 11.9. The summed E-state index contributed by atoms with van der Waals surface area (Å²) in [6.45, 7) is 2.15. The summed E-state index contributed by atoms with van der Waals surface area (Å²) in [5.74, 6) is 1.23. The van der Waals surface area contributed by atoms with E-state index in [4.69, 9.17) is 5.10 Å². The van der Waals surface area contributed by atoms with Crippen LogP contribution in [0.3, 0.4) is 0 Å². The number of nitrogens with zero attached hydrogens (tertiary/aromatic N) is 2. The smallest absolute Gasteiger partial charge is 0.166 e. The van der Waals surface area contributed by atoms with E-state index in [1.165, 1.54) is 12.8 Å². The van der Waals surface area contributed by atoms with Gasteiger partial charge in [-0.2, -0.15) is 5.10 Å². The van der Waals surface area contributed by atoms with Crippen LogP contribution in [0.2, 0.25) is 0 Å². The summed E-state index contributed by atoms with van der Waals surface area (Å²) in [7, 11) is 0. The Hall–Kier alpha value is -1.90. The minimum absolute atomic E-state index is 0.294. The molecular weight excluding hydrogens is 248 g/mol. The lowest BCUT2D eigenvalue weighted by Gasteiger charge is -2.19. The number of hydrogen-bond acceptors (Lipinski definition) is 2. The number of carbonyl (C=O) groups excluding carboxylic acids is 1. The molecule has 0 saturated heterocycles. The van der Waals surface area contributed by atoms with E-state index in [0.717, 1.165) is 29.1 Å². The Bertz CT molecular complexity index is 668. The van der Waals surface area contributed by atoms with Gasteiger partial charge < -0.3 is 0 Å². The topological polar surface area (TPSA) is 34.9 Å². The second-order valence-electron chi connectivity index (χ2n) is 6.17. The van der Waals surface area contributed by atoms with Crippen molar-refractivity contribution >= 4 is 5.78 Å². The second kappa shape index (κ2) is 4.30. The molecule has 20 heavy (non-hydrogen) atoms. The maximum atomic E-state index is 12.4. The lowest BCUT2D eigenvalue weighted by molar-refractivity contribution is 0.0951. The van der Waals surface area contributed by atoms with Crippen LogP contribution in [0, 0.1) is 5.92 Å². The molecule has 3 nitrogen and oxygen atoms in total. The lowest BCUT2D eigenvalue weighted by Crippen LogP contribution is -2.20. The third kappa shape index (κ3) is 1.80. The van der Waals surface area contributed by atoms with Gasteiger partial charge in [0.15, 0.2) is 5.78 Å². The van der Waals surface area contributed by atoms with Gasteiger partial charge in [-0.05, 0) is 37.3 Å². The molecule has 2 aliphatic carbocycles. The van der Waals surface area contributed by atoms with Gasteiger partial charge in [-0.1, -0.05) is 25.1 Å². The van der Waals surface area contributed by atoms with Crippen molar-refractivity contribution in [3.05, 3.63) is 47.3 Å². The standard InChI is InChI=1S/C17H18N2O/c1-11-9-14-16(15(20)10-11)17(12-7-8-12)18-19(14)13-5-3-2-4-6-13/h2-6,11-12H,7-10H2,1H3. The zero-order valence-corrected chi connectivity index (χ0v) is 11.7. The highest BCUT2D eigenvalue weighted by molar-refractivity contribution is 5.99. The molecule has 2 aliphatic rings. The molecule has 0 spiro atoms. The summed E-state index contributed by atoms with van der Waals surface area (Å²) in [6.07, 6.45) is 3.99. The summed E-state index contributed by atoms with van der Waals surface area (Å²) in [5, 5.41) is 4.80. The average Bonchev–Trinajstić information content (AvgIpc) is 3.21. The highest BCUT2D eigenvalue weighted by Gasteiger charge is 2.37. The second-order valence-corrected chi connectivity index (χ2v) is 6.17. The van der Waals surface area contributed by atoms with E-state index < -0.39 is 0 Å². The van der Waals surface area contributed by atoms with Crippen LogP contribution in [-0.2, 0) is 6.42 Å². The maximum absolute atomic E-state index is 12.4. The van der Waals surface area contributed by atoms with Gasteiger partial charge >= 0.3 is 0 Å². The number of fused-ring (bicyclic) bond motifs is 1. The van der Waals surface area contributed by atoms with E-state index in [-0.39, 0.29) is 0 Å². The third-order valence-corrected chi connectivity index (χ3v) is 4.33. The fourth-order valence-corrected chi connectivity index (χ4v) is 3.21. The largest absolute Gasteiger partial charge is 0.294 e. The summed E-state index contributed by atoms with van der Waals surface area (Å²) in [5.41, 5.74) is 4.19. The van der Waals surface area contributed by atoms with Crippen LogP contribution in [0.25, 0.3) is 5.69 Å². The first-order valence-corrected chi connectivity index (χ1v) is 7.44. The van der Waals surface area contributed by atoms with Gasteiger partial charge in [-0.3, -0.25) is 4.79 Å². The van der Waals surface area contributed by atoms with Gasteiger partial charge in [0.2, 0.25) is 0 Å². The summed E-state index contributed by atoms with van der Waals surface area (Å²) in [4.78, 5) is 12.4. The minimum atomic E-state index is 0.294. The molecule has 3 heteroatoms. The third-order valence-electron chi connectivity index (χ3n) is 4.33. The SMILES string of the molecule is CC1CC(=O)c2c(C3CC3)nn(-c3ccccc3)c2C1. The summed E-state index contributed by atoms with van der Waals surface area (Å²) < 4.78 is 2.01. The minimum Gasteiger partial charge on any atom is -0.294 e. The van der Waals surface area contributed by atoms with E-state index >= 15 is 0 Å². The van der Waals surface area contributed by atoms with Crippen LogP contribution in [0.5, 0.6) is 0 Å². The highest BCUT2D eigenvalue weighted by Crippen LogP contribution is 2.44. The van der Waals surface area contributed by atoms with Crippen LogP contribution >= 0.6 is 0 Å². The number of rotatable bonds is 2. The molecule has 2 aromatic rings. The van der Waals surface area contributed by atoms with E-state index in [9.17, 15) is 4.79 Å². The molecule has 1 atom stereocenters. The van der Waals surface area contributed by atoms with Crippen molar-refractivity contribution in [2.45, 2.75) is 38.5 Å². The fraction of sp³-hybridized carbons (Fsp3) is 0.412. The molecule has 0 radical (unpaired) electrons. The van der Waals surface area contributed by atoms with Crippen molar-refractivity contribution in [2.24, 2.45) is 5.92 Å². The van der Waals surface area contributed by atoms with Crippen molar-refractivity contribution in [3.8, 4) is 5.69 Å². The number of ketones is 1. The Morgan fingerprint density at radius 2 is 1.90 bits per heavy atom. The van der Waals surface area contributed by atoms with Crippen LogP contribution < -0.4 is 0 Å². The Morgan fingerprint density at radius 3 is 2.60 bits per heavy atom. The van der Waals surface area contributed by atoms with Gasteiger partial charge in [0.05, 0.1) is 22.6 Å². The van der Waals surface area contributed by atoms with Crippen LogP contribution in [0.15, 0.2) is 30.3 Å². The normalized spacial score (nSPS) is 21.9. The predicted octanol–water partition coefficient (Wildman–Crippen LogP) is 3.51. The molecule has 0 N–H and O–H groups in total. The van der Waals surface area contributed by atoms with Gasteiger partial charge in [-0.15, -0.1) is 0 Å². The van der Waals surface area contributed by atoms with Gasteiger partial charge in [0.25, 0.3) is 0 Å². The van der Waals surface area contributed by atoms with Crippen molar-refractivity contribution in [1.82, 2.24) is 9.78 Å². The highest BCUT2D eigenvalue weighted by atomic mass is 16.1. The van der Waals surface area contributed by atoms with Crippen molar-refractivity contribution in [1.29, 1.82) is 0 Å². The summed E-state index contributed by atoms with van der Waals surface area (Å²) in [6, 6.07) is 10.2. The zero-order chi connectivity index (χ0) is 13.7. The van der Waals surface area contributed by atoms with Crippen LogP contribution in [0.4, 0.5) is 0 Å². The van der Waals surface area contributed by atoms with Gasteiger partial charge in [0, 0.05) is 12.3 Å². The molecule has 0 bridgehead atoms. The monoisotopic (exact) mass is 266 g/mol. The molecule has 102 valence electrons. The summed E-state index contributed by atoms with van der Waals surface area (Å²) >= 11 is 0. The number of hydrogen-bond donors (Lipinski definition) is 0. The molecule has 1 heterocycles. The Morgan fingerprint density at radius 1 is 1.15 bits per heavy atom. The lowest BCUT2D eigenvalue weighted by atomic mass is 9.86. The molecular formula is C17H18N2O. The Kier molecular flexibility index (Phi) is 2.56. The van der Waals surface area contributed by atoms with E-state index in [1.54, 1.807) is 0 Å². The Labute approximate surface area is 118 Å².